The third-order valence-corrected chi connectivity index (χ3v) is 2.66. The molecule has 0 saturated carbocycles. The Kier molecular flexibility index (Phi) is 5.09. The molecule has 0 aliphatic heterocycles. The van der Waals surface area contributed by atoms with Crippen LogP contribution in [0.1, 0.15) is 24.3 Å². The molecule has 0 aromatic carbocycles. The second kappa shape index (κ2) is 7.23. The number of nitrogens with zero attached hydrogens (tertiary/aromatic N) is 2. The van der Waals surface area contributed by atoms with Crippen LogP contribution in [0.5, 0.6) is 5.88 Å². The molecule has 0 atom stereocenters. The maximum Gasteiger partial charge on any atom is 0.274 e. The molecule has 0 aliphatic carbocycles. The number of hydrogen-bond donors (Lipinski definition) is 2. The van der Waals surface area contributed by atoms with Crippen LogP contribution >= 0.6 is 0 Å². The first kappa shape index (κ1) is 14.8. The van der Waals surface area contributed by atoms with Gasteiger partial charge >= 0.3 is 0 Å². The van der Waals surface area contributed by atoms with Crippen molar-refractivity contribution in [3.05, 3.63) is 42.4 Å². The number of nitrogens with one attached hydrogen (secondary N) is 2. The molecule has 2 rings (SSSR count). The molecular formula is C15H18N4O2. The normalized spacial score (nSPS) is 10.0. The largest absolute Gasteiger partial charge is 0.478 e. The zero-order valence-electron chi connectivity index (χ0n) is 12.1. The van der Waals surface area contributed by atoms with Crippen LogP contribution in [0.15, 0.2) is 36.7 Å². The quantitative estimate of drug-likeness (QED) is 0.853. The van der Waals surface area contributed by atoms with Gasteiger partial charge in [-0.2, -0.15) is 0 Å². The van der Waals surface area contributed by atoms with E-state index in [1.54, 1.807) is 30.6 Å². The summed E-state index contributed by atoms with van der Waals surface area (Å²) in [5.41, 5.74) is 1.81. The van der Waals surface area contributed by atoms with E-state index < -0.39 is 0 Å². The fraction of sp³-hybridized carbons (Fsp3) is 0.267. The molecule has 6 heteroatoms. The number of rotatable bonds is 6. The van der Waals surface area contributed by atoms with Crippen LogP contribution in [-0.2, 0) is 0 Å². The van der Waals surface area contributed by atoms with Crippen LogP contribution in [0.25, 0.3) is 0 Å². The molecule has 0 radical (unpaired) electrons. The van der Waals surface area contributed by atoms with Crippen molar-refractivity contribution in [3.63, 3.8) is 0 Å². The second-order valence-electron chi connectivity index (χ2n) is 4.23. The van der Waals surface area contributed by atoms with E-state index in [0.29, 0.717) is 23.9 Å². The van der Waals surface area contributed by atoms with Crippen LogP contribution < -0.4 is 15.4 Å². The van der Waals surface area contributed by atoms with Gasteiger partial charge in [0.1, 0.15) is 5.69 Å². The molecule has 110 valence electrons. The summed E-state index contributed by atoms with van der Waals surface area (Å²) in [6.07, 6.45) is 3.15. The molecule has 0 spiro atoms. The average molecular weight is 286 g/mol. The van der Waals surface area contributed by atoms with E-state index in [1.807, 2.05) is 19.9 Å². The highest BCUT2D eigenvalue weighted by atomic mass is 16.5. The smallest absolute Gasteiger partial charge is 0.274 e. The Hall–Kier alpha value is -2.63. The molecule has 2 heterocycles. The maximum atomic E-state index is 12.1. The SMILES string of the molecule is CCNc1ccnc(C(=O)Nc2ccc(OCC)nc2)c1. The van der Waals surface area contributed by atoms with Gasteiger partial charge in [0.25, 0.3) is 5.91 Å². The van der Waals surface area contributed by atoms with Crippen molar-refractivity contribution in [2.45, 2.75) is 13.8 Å². The van der Waals surface area contributed by atoms with Crippen LogP contribution in [0, 0.1) is 0 Å². The molecule has 0 fully saturated rings. The molecule has 0 aliphatic rings. The zero-order valence-corrected chi connectivity index (χ0v) is 12.1. The highest BCUT2D eigenvalue weighted by Crippen LogP contribution is 2.13. The van der Waals surface area contributed by atoms with Gasteiger partial charge in [-0.25, -0.2) is 4.98 Å². The van der Waals surface area contributed by atoms with Gasteiger partial charge in [0.05, 0.1) is 18.5 Å². The van der Waals surface area contributed by atoms with E-state index >= 15 is 0 Å². The minimum atomic E-state index is -0.277. The van der Waals surface area contributed by atoms with Crippen molar-refractivity contribution in [1.82, 2.24) is 9.97 Å². The van der Waals surface area contributed by atoms with Gasteiger partial charge in [0.2, 0.25) is 5.88 Å². The Labute approximate surface area is 123 Å². The van der Waals surface area contributed by atoms with Gasteiger partial charge in [-0.15, -0.1) is 0 Å². The first-order valence-corrected chi connectivity index (χ1v) is 6.83. The second-order valence-corrected chi connectivity index (χ2v) is 4.23. The van der Waals surface area contributed by atoms with Crippen molar-refractivity contribution >= 4 is 17.3 Å². The minimum Gasteiger partial charge on any atom is -0.478 e. The lowest BCUT2D eigenvalue weighted by atomic mass is 10.3. The first-order chi connectivity index (χ1) is 10.2. The molecule has 0 saturated heterocycles. The predicted molar refractivity (Wildman–Crippen MR) is 81.8 cm³/mol. The molecule has 2 N–H and O–H groups in total. The van der Waals surface area contributed by atoms with E-state index in [9.17, 15) is 4.79 Å². The summed E-state index contributed by atoms with van der Waals surface area (Å²) in [5, 5.41) is 5.89. The lowest BCUT2D eigenvalue weighted by Crippen LogP contribution is -2.14. The Morgan fingerprint density at radius 3 is 2.71 bits per heavy atom. The van der Waals surface area contributed by atoms with Gasteiger partial charge in [-0.1, -0.05) is 0 Å². The number of carbonyl (C=O) groups excluding carboxylic acids is 1. The Balaban J connectivity index is 2.05. The third-order valence-electron chi connectivity index (χ3n) is 2.66. The van der Waals surface area contributed by atoms with Gasteiger partial charge in [0.15, 0.2) is 0 Å². The number of hydrogen-bond acceptors (Lipinski definition) is 5. The first-order valence-electron chi connectivity index (χ1n) is 6.83. The summed E-state index contributed by atoms with van der Waals surface area (Å²) in [7, 11) is 0. The van der Waals surface area contributed by atoms with Crippen LogP contribution in [0.2, 0.25) is 0 Å². The van der Waals surface area contributed by atoms with E-state index in [-0.39, 0.29) is 5.91 Å². The summed E-state index contributed by atoms with van der Waals surface area (Å²) in [5.74, 6) is 0.253. The zero-order chi connectivity index (χ0) is 15.1. The number of anilines is 2. The topological polar surface area (TPSA) is 76.1 Å². The van der Waals surface area contributed by atoms with Gasteiger partial charge < -0.3 is 15.4 Å². The maximum absolute atomic E-state index is 12.1. The summed E-state index contributed by atoms with van der Waals surface area (Å²) in [4.78, 5) is 20.3. The standard InChI is InChI=1S/C15H18N4O2/c1-3-16-11-7-8-17-13(9-11)15(20)19-12-5-6-14(18-10-12)21-4-2/h5-10H,3-4H2,1-2H3,(H,16,17)(H,19,20). The van der Waals surface area contributed by atoms with Crippen molar-refractivity contribution in [3.8, 4) is 5.88 Å². The highest BCUT2D eigenvalue weighted by molar-refractivity contribution is 6.03. The molecule has 21 heavy (non-hydrogen) atoms. The van der Waals surface area contributed by atoms with Crippen LogP contribution in [0.3, 0.4) is 0 Å². The van der Waals surface area contributed by atoms with Crippen molar-refractivity contribution in [1.29, 1.82) is 0 Å². The number of amides is 1. The highest BCUT2D eigenvalue weighted by Gasteiger charge is 2.08. The van der Waals surface area contributed by atoms with Crippen molar-refractivity contribution in [2.75, 3.05) is 23.8 Å². The summed E-state index contributed by atoms with van der Waals surface area (Å²) in [6, 6.07) is 6.98. The fourth-order valence-corrected chi connectivity index (χ4v) is 1.75. The summed E-state index contributed by atoms with van der Waals surface area (Å²) in [6.45, 7) is 5.22. The number of carbonyl (C=O) groups is 1. The Morgan fingerprint density at radius 2 is 2.05 bits per heavy atom. The van der Waals surface area contributed by atoms with Gasteiger partial charge in [0, 0.05) is 24.5 Å². The van der Waals surface area contributed by atoms with Crippen LogP contribution in [-0.4, -0.2) is 29.0 Å². The molecule has 2 aromatic heterocycles. The average Bonchev–Trinajstić information content (AvgIpc) is 2.50. The van der Waals surface area contributed by atoms with Gasteiger partial charge in [-0.3, -0.25) is 9.78 Å². The lowest BCUT2D eigenvalue weighted by Gasteiger charge is -2.07. The molecule has 6 nitrogen and oxygen atoms in total. The van der Waals surface area contributed by atoms with Crippen molar-refractivity contribution in [2.24, 2.45) is 0 Å². The fourth-order valence-electron chi connectivity index (χ4n) is 1.75. The predicted octanol–water partition coefficient (Wildman–Crippen LogP) is 2.56. The third kappa shape index (κ3) is 4.17. The van der Waals surface area contributed by atoms with Crippen LogP contribution in [0.4, 0.5) is 11.4 Å². The monoisotopic (exact) mass is 286 g/mol. The minimum absolute atomic E-state index is 0.277. The van der Waals surface area contributed by atoms with E-state index in [4.69, 9.17) is 4.74 Å². The number of ether oxygens (including phenoxy) is 1. The van der Waals surface area contributed by atoms with Crippen molar-refractivity contribution < 1.29 is 9.53 Å². The van der Waals surface area contributed by atoms with Gasteiger partial charge in [-0.05, 0) is 32.0 Å². The Bertz CT molecular complexity index is 599. The molecule has 0 bridgehead atoms. The molecule has 1 amide bonds. The van der Waals surface area contributed by atoms with E-state index in [0.717, 1.165) is 12.2 Å². The van der Waals surface area contributed by atoms with E-state index in [1.165, 1.54) is 0 Å². The number of pyridine rings is 2. The van der Waals surface area contributed by atoms with E-state index in [2.05, 4.69) is 20.6 Å². The summed E-state index contributed by atoms with van der Waals surface area (Å²) >= 11 is 0. The lowest BCUT2D eigenvalue weighted by molar-refractivity contribution is 0.102. The summed E-state index contributed by atoms with van der Waals surface area (Å²) < 4.78 is 5.25. The Morgan fingerprint density at radius 1 is 1.19 bits per heavy atom. The molecular weight excluding hydrogens is 268 g/mol. The number of aromatic nitrogens is 2. The molecule has 0 unspecified atom stereocenters. The molecule has 2 aromatic rings.